The minimum atomic E-state index is -0.677. The summed E-state index contributed by atoms with van der Waals surface area (Å²) in [6, 6.07) is 15.9. The number of nitrogens with one attached hydrogen (secondary N) is 1. The third-order valence-electron chi connectivity index (χ3n) is 4.52. The van der Waals surface area contributed by atoms with Gasteiger partial charge in [0.25, 0.3) is 0 Å². The molecule has 0 unspecified atom stereocenters. The van der Waals surface area contributed by atoms with Crippen LogP contribution in [0.1, 0.15) is 22.8 Å². The van der Waals surface area contributed by atoms with Crippen molar-refractivity contribution in [3.8, 4) is 0 Å². The molecule has 2 aromatic rings. The van der Waals surface area contributed by atoms with Gasteiger partial charge in [0.15, 0.2) is 5.78 Å². The Hall–Kier alpha value is -3.48. The topological polar surface area (TPSA) is 86.8 Å². The first kappa shape index (κ1) is 19.3. The summed E-state index contributed by atoms with van der Waals surface area (Å²) in [5.74, 6) is -1.73. The highest BCUT2D eigenvalue weighted by atomic mass is 16.2. The van der Waals surface area contributed by atoms with Crippen molar-refractivity contribution in [1.29, 1.82) is 0 Å². The third-order valence-corrected chi connectivity index (χ3v) is 4.52. The van der Waals surface area contributed by atoms with E-state index in [1.807, 2.05) is 30.3 Å². The van der Waals surface area contributed by atoms with E-state index in [2.05, 4.69) is 5.32 Å². The summed E-state index contributed by atoms with van der Waals surface area (Å²) in [7, 11) is 0. The van der Waals surface area contributed by atoms with E-state index in [4.69, 9.17) is 0 Å². The molecule has 0 aliphatic carbocycles. The van der Waals surface area contributed by atoms with Crippen LogP contribution in [-0.2, 0) is 20.9 Å². The van der Waals surface area contributed by atoms with Gasteiger partial charge < -0.3 is 15.1 Å². The van der Waals surface area contributed by atoms with Crippen LogP contribution in [0.15, 0.2) is 54.6 Å². The molecule has 1 saturated heterocycles. The normalized spacial score (nSPS) is 14.2. The van der Waals surface area contributed by atoms with E-state index < -0.39 is 17.7 Å². The molecular formula is C21H21N3O4. The molecule has 7 nitrogen and oxygen atoms in total. The lowest BCUT2D eigenvalue weighted by Crippen LogP contribution is -2.55. The third kappa shape index (κ3) is 4.62. The average molecular weight is 379 g/mol. The lowest BCUT2D eigenvalue weighted by molar-refractivity contribution is -0.157. The summed E-state index contributed by atoms with van der Waals surface area (Å²) >= 11 is 0. The molecule has 2 aromatic carbocycles. The van der Waals surface area contributed by atoms with Gasteiger partial charge in [-0.15, -0.1) is 0 Å². The molecule has 0 aromatic heterocycles. The number of anilines is 1. The van der Waals surface area contributed by atoms with Crippen molar-refractivity contribution in [2.24, 2.45) is 0 Å². The molecule has 0 bridgehead atoms. The van der Waals surface area contributed by atoms with Gasteiger partial charge in [0.05, 0.1) is 0 Å². The summed E-state index contributed by atoms with van der Waals surface area (Å²) in [6.45, 7) is 2.31. The Kier molecular flexibility index (Phi) is 5.84. The summed E-state index contributed by atoms with van der Waals surface area (Å²) in [5, 5.41) is 2.67. The molecule has 0 saturated carbocycles. The summed E-state index contributed by atoms with van der Waals surface area (Å²) in [4.78, 5) is 51.0. The highest BCUT2D eigenvalue weighted by molar-refractivity contribution is 6.35. The highest BCUT2D eigenvalue weighted by Crippen LogP contribution is 2.12. The molecule has 0 atom stereocenters. The van der Waals surface area contributed by atoms with Crippen LogP contribution in [0.2, 0.25) is 0 Å². The zero-order chi connectivity index (χ0) is 20.1. The lowest BCUT2D eigenvalue weighted by atomic mass is 10.1. The van der Waals surface area contributed by atoms with Crippen LogP contribution in [-0.4, -0.2) is 52.9 Å². The minimum Gasteiger partial charge on any atom is -0.328 e. The zero-order valence-corrected chi connectivity index (χ0v) is 15.6. The number of amides is 3. The van der Waals surface area contributed by atoms with Crippen LogP contribution in [0.5, 0.6) is 0 Å². The molecule has 3 rings (SSSR count). The van der Waals surface area contributed by atoms with Crippen molar-refractivity contribution < 1.29 is 19.2 Å². The Bertz CT molecular complexity index is 894. The van der Waals surface area contributed by atoms with Gasteiger partial charge in [0.1, 0.15) is 6.54 Å². The molecule has 0 spiro atoms. The summed E-state index contributed by atoms with van der Waals surface area (Å²) in [5.41, 5.74) is 2.02. The second kappa shape index (κ2) is 8.47. The number of rotatable bonds is 6. The van der Waals surface area contributed by atoms with Crippen molar-refractivity contribution in [3.05, 3.63) is 65.7 Å². The van der Waals surface area contributed by atoms with E-state index in [0.717, 1.165) is 5.56 Å². The van der Waals surface area contributed by atoms with Gasteiger partial charge in [-0.3, -0.25) is 19.2 Å². The standard InChI is InChI=1S/C21H21N3O4/c1-15(25)17-7-9-18(10-8-17)22-19(26)14-24-12-11-23(20(27)21(24)28)13-16-5-3-2-4-6-16/h2-10H,11-14H2,1H3,(H,22,26). The van der Waals surface area contributed by atoms with Crippen LogP contribution >= 0.6 is 0 Å². The highest BCUT2D eigenvalue weighted by Gasteiger charge is 2.33. The Morgan fingerprint density at radius 2 is 1.50 bits per heavy atom. The van der Waals surface area contributed by atoms with Crippen molar-refractivity contribution in [2.75, 3.05) is 25.0 Å². The quantitative estimate of drug-likeness (QED) is 0.611. The number of nitrogens with zero attached hydrogens (tertiary/aromatic N) is 2. The Morgan fingerprint density at radius 3 is 2.14 bits per heavy atom. The lowest BCUT2D eigenvalue weighted by Gasteiger charge is -2.33. The van der Waals surface area contributed by atoms with Gasteiger partial charge >= 0.3 is 11.8 Å². The fraction of sp³-hybridized carbons (Fsp3) is 0.238. The molecule has 1 aliphatic rings. The van der Waals surface area contributed by atoms with E-state index in [0.29, 0.717) is 30.9 Å². The fourth-order valence-corrected chi connectivity index (χ4v) is 2.98. The van der Waals surface area contributed by atoms with E-state index >= 15 is 0 Å². The molecular weight excluding hydrogens is 358 g/mol. The molecule has 7 heteroatoms. The molecule has 1 heterocycles. The van der Waals surface area contributed by atoms with E-state index in [9.17, 15) is 19.2 Å². The maximum Gasteiger partial charge on any atom is 0.312 e. The minimum absolute atomic E-state index is 0.0599. The van der Waals surface area contributed by atoms with Gasteiger partial charge in [0, 0.05) is 30.9 Å². The molecule has 3 amide bonds. The van der Waals surface area contributed by atoms with Gasteiger partial charge in [-0.2, -0.15) is 0 Å². The number of ketones is 1. The zero-order valence-electron chi connectivity index (χ0n) is 15.6. The molecule has 0 radical (unpaired) electrons. The SMILES string of the molecule is CC(=O)c1ccc(NC(=O)CN2CCN(Cc3ccccc3)C(=O)C2=O)cc1. The van der Waals surface area contributed by atoms with Crippen molar-refractivity contribution >= 4 is 29.2 Å². The van der Waals surface area contributed by atoms with Gasteiger partial charge in [-0.05, 0) is 36.8 Å². The van der Waals surface area contributed by atoms with Crippen molar-refractivity contribution in [3.63, 3.8) is 0 Å². The number of benzene rings is 2. The molecule has 28 heavy (non-hydrogen) atoms. The van der Waals surface area contributed by atoms with Crippen LogP contribution in [0, 0.1) is 0 Å². The first-order valence-corrected chi connectivity index (χ1v) is 8.97. The van der Waals surface area contributed by atoms with Crippen LogP contribution in [0.4, 0.5) is 5.69 Å². The Balaban J connectivity index is 1.55. The first-order valence-electron chi connectivity index (χ1n) is 8.97. The van der Waals surface area contributed by atoms with E-state index in [1.54, 1.807) is 24.3 Å². The van der Waals surface area contributed by atoms with E-state index in [1.165, 1.54) is 16.7 Å². The maximum absolute atomic E-state index is 12.4. The molecule has 144 valence electrons. The van der Waals surface area contributed by atoms with Crippen LogP contribution in [0.3, 0.4) is 0 Å². The predicted molar refractivity (Wildman–Crippen MR) is 104 cm³/mol. The first-order chi connectivity index (χ1) is 13.4. The smallest absolute Gasteiger partial charge is 0.312 e. The van der Waals surface area contributed by atoms with Gasteiger partial charge in [0.2, 0.25) is 5.91 Å². The summed E-state index contributed by atoms with van der Waals surface area (Å²) in [6.07, 6.45) is 0. The summed E-state index contributed by atoms with van der Waals surface area (Å²) < 4.78 is 0. The number of carbonyl (C=O) groups excluding carboxylic acids is 4. The maximum atomic E-state index is 12.4. The number of hydrogen-bond donors (Lipinski definition) is 1. The molecule has 1 N–H and O–H groups in total. The number of Topliss-reactive ketones (excluding diaryl/α,β-unsaturated/α-hetero) is 1. The fourth-order valence-electron chi connectivity index (χ4n) is 2.98. The molecule has 1 aliphatic heterocycles. The second-order valence-corrected chi connectivity index (χ2v) is 6.62. The van der Waals surface area contributed by atoms with Crippen LogP contribution in [0.25, 0.3) is 0 Å². The van der Waals surface area contributed by atoms with Gasteiger partial charge in [-0.1, -0.05) is 30.3 Å². The molecule has 1 fully saturated rings. The Labute approximate surface area is 162 Å². The predicted octanol–water partition coefficient (Wildman–Crippen LogP) is 1.70. The van der Waals surface area contributed by atoms with E-state index in [-0.39, 0.29) is 12.3 Å². The van der Waals surface area contributed by atoms with Crippen molar-refractivity contribution in [2.45, 2.75) is 13.5 Å². The number of carbonyl (C=O) groups is 4. The second-order valence-electron chi connectivity index (χ2n) is 6.62. The largest absolute Gasteiger partial charge is 0.328 e. The average Bonchev–Trinajstić information content (AvgIpc) is 2.69. The van der Waals surface area contributed by atoms with Crippen LogP contribution < -0.4 is 5.32 Å². The number of piperazine rings is 1. The van der Waals surface area contributed by atoms with Crippen molar-refractivity contribution in [1.82, 2.24) is 9.80 Å². The van der Waals surface area contributed by atoms with Gasteiger partial charge in [-0.25, -0.2) is 0 Å². The Morgan fingerprint density at radius 1 is 0.893 bits per heavy atom. The monoisotopic (exact) mass is 379 g/mol. The number of hydrogen-bond acceptors (Lipinski definition) is 4.